The number of hydrogen-bond acceptors (Lipinski definition) is 3. The van der Waals surface area contributed by atoms with Crippen LogP contribution in [-0.4, -0.2) is 60.2 Å². The molecule has 1 aromatic carbocycles. The highest BCUT2D eigenvalue weighted by molar-refractivity contribution is 5.97. The van der Waals surface area contributed by atoms with Crippen molar-refractivity contribution >= 4 is 17.7 Å². The summed E-state index contributed by atoms with van der Waals surface area (Å²) in [6.07, 6.45) is 4.65. The fourth-order valence-electron chi connectivity index (χ4n) is 4.43. The van der Waals surface area contributed by atoms with Crippen molar-refractivity contribution in [3.8, 4) is 0 Å². The summed E-state index contributed by atoms with van der Waals surface area (Å²) in [6, 6.07) is 6.08. The van der Waals surface area contributed by atoms with Crippen molar-refractivity contribution in [2.75, 3.05) is 26.7 Å². The quantitative estimate of drug-likeness (QED) is 0.879. The first-order valence-corrected chi connectivity index (χ1v) is 9.49. The monoisotopic (exact) mass is 355 g/mol. The second kappa shape index (κ2) is 6.74. The Hall–Kier alpha value is -2.37. The minimum Gasteiger partial charge on any atom is -0.359 e. The predicted molar refractivity (Wildman–Crippen MR) is 96.7 cm³/mol. The second-order valence-electron chi connectivity index (χ2n) is 7.58. The minimum atomic E-state index is -0.265. The van der Waals surface area contributed by atoms with E-state index in [9.17, 15) is 14.4 Å². The number of fused-ring (bicyclic) bond motifs is 1. The first kappa shape index (κ1) is 17.1. The van der Waals surface area contributed by atoms with Crippen LogP contribution in [0.5, 0.6) is 0 Å². The number of hydrogen-bond donors (Lipinski definition) is 1. The molecule has 6 heteroatoms. The topological polar surface area (TPSA) is 69.7 Å². The standard InChI is InChI=1S/C20H25N3O3/c1-21-19(25)14-9-18(24)23(10-14)15-11-22(12-15)20(26)17-8-4-6-13-5-2-3-7-16(13)17/h4,6,8,14-15H,2-3,5,7,9-12H2,1H3,(H,21,25). The molecule has 2 saturated heterocycles. The van der Waals surface area contributed by atoms with Crippen LogP contribution in [0.15, 0.2) is 18.2 Å². The zero-order chi connectivity index (χ0) is 18.3. The van der Waals surface area contributed by atoms with Gasteiger partial charge in [-0.25, -0.2) is 0 Å². The fourth-order valence-corrected chi connectivity index (χ4v) is 4.43. The lowest BCUT2D eigenvalue weighted by atomic mass is 9.87. The molecule has 1 unspecified atom stereocenters. The molecular weight excluding hydrogens is 330 g/mol. The Morgan fingerprint density at radius 3 is 2.65 bits per heavy atom. The van der Waals surface area contributed by atoms with Crippen LogP contribution in [0.25, 0.3) is 0 Å². The van der Waals surface area contributed by atoms with Gasteiger partial charge in [0.25, 0.3) is 5.91 Å². The van der Waals surface area contributed by atoms with Gasteiger partial charge >= 0.3 is 0 Å². The first-order valence-electron chi connectivity index (χ1n) is 9.49. The second-order valence-corrected chi connectivity index (χ2v) is 7.58. The molecule has 2 fully saturated rings. The van der Waals surface area contributed by atoms with E-state index in [4.69, 9.17) is 0 Å². The van der Waals surface area contributed by atoms with E-state index in [1.54, 1.807) is 11.9 Å². The number of likely N-dealkylation sites (tertiary alicyclic amines) is 2. The van der Waals surface area contributed by atoms with Crippen molar-refractivity contribution < 1.29 is 14.4 Å². The molecule has 2 heterocycles. The van der Waals surface area contributed by atoms with E-state index in [-0.39, 0.29) is 36.1 Å². The highest BCUT2D eigenvalue weighted by Crippen LogP contribution is 2.29. The molecule has 3 amide bonds. The van der Waals surface area contributed by atoms with Crippen LogP contribution in [0.1, 0.15) is 40.7 Å². The number of amides is 3. The van der Waals surface area contributed by atoms with Crippen LogP contribution in [-0.2, 0) is 22.4 Å². The Morgan fingerprint density at radius 2 is 1.88 bits per heavy atom. The number of benzene rings is 1. The van der Waals surface area contributed by atoms with E-state index in [2.05, 4.69) is 11.4 Å². The van der Waals surface area contributed by atoms with Gasteiger partial charge in [0.05, 0.1) is 12.0 Å². The van der Waals surface area contributed by atoms with E-state index in [0.717, 1.165) is 24.8 Å². The van der Waals surface area contributed by atoms with Gasteiger partial charge in [0, 0.05) is 38.7 Å². The Morgan fingerprint density at radius 1 is 1.12 bits per heavy atom. The summed E-state index contributed by atoms with van der Waals surface area (Å²) in [5.41, 5.74) is 3.35. The SMILES string of the molecule is CNC(=O)C1CC(=O)N(C2CN(C(=O)c3cccc4c3CCCC4)C2)C1. The van der Waals surface area contributed by atoms with Crippen LogP contribution >= 0.6 is 0 Å². The van der Waals surface area contributed by atoms with E-state index >= 15 is 0 Å². The molecule has 2 aliphatic heterocycles. The van der Waals surface area contributed by atoms with Gasteiger partial charge in [0.2, 0.25) is 11.8 Å². The Labute approximate surface area is 153 Å². The van der Waals surface area contributed by atoms with Crippen molar-refractivity contribution in [3.05, 3.63) is 34.9 Å². The molecule has 6 nitrogen and oxygen atoms in total. The summed E-state index contributed by atoms with van der Waals surface area (Å²) >= 11 is 0. The largest absolute Gasteiger partial charge is 0.359 e. The lowest BCUT2D eigenvalue weighted by molar-refractivity contribution is -0.132. The zero-order valence-electron chi connectivity index (χ0n) is 15.2. The van der Waals surface area contributed by atoms with Gasteiger partial charge in [-0.05, 0) is 42.9 Å². The smallest absolute Gasteiger partial charge is 0.254 e. The van der Waals surface area contributed by atoms with E-state index in [1.165, 1.54) is 17.5 Å². The zero-order valence-corrected chi connectivity index (χ0v) is 15.2. The van der Waals surface area contributed by atoms with Gasteiger partial charge in [0.1, 0.15) is 0 Å². The van der Waals surface area contributed by atoms with Crippen molar-refractivity contribution in [3.63, 3.8) is 0 Å². The molecule has 0 bridgehead atoms. The maximum Gasteiger partial charge on any atom is 0.254 e. The maximum absolute atomic E-state index is 12.9. The van der Waals surface area contributed by atoms with Crippen LogP contribution in [0.2, 0.25) is 0 Å². The number of aryl methyl sites for hydroxylation is 1. The summed E-state index contributed by atoms with van der Waals surface area (Å²) < 4.78 is 0. The lowest BCUT2D eigenvalue weighted by Gasteiger charge is -2.44. The van der Waals surface area contributed by atoms with Crippen molar-refractivity contribution in [2.45, 2.75) is 38.1 Å². The van der Waals surface area contributed by atoms with E-state index in [0.29, 0.717) is 19.6 Å². The molecule has 26 heavy (non-hydrogen) atoms. The summed E-state index contributed by atoms with van der Waals surface area (Å²) in [4.78, 5) is 40.5. The maximum atomic E-state index is 12.9. The Bertz CT molecular complexity index is 755. The third-order valence-electron chi connectivity index (χ3n) is 5.99. The highest BCUT2D eigenvalue weighted by atomic mass is 16.2. The summed E-state index contributed by atoms with van der Waals surface area (Å²) in [7, 11) is 1.60. The highest BCUT2D eigenvalue weighted by Gasteiger charge is 2.43. The van der Waals surface area contributed by atoms with Crippen LogP contribution in [0.4, 0.5) is 0 Å². The molecule has 1 aliphatic carbocycles. The fraction of sp³-hybridized carbons (Fsp3) is 0.550. The molecule has 0 saturated carbocycles. The molecule has 138 valence electrons. The third-order valence-corrected chi connectivity index (χ3v) is 5.99. The van der Waals surface area contributed by atoms with Crippen LogP contribution < -0.4 is 5.32 Å². The van der Waals surface area contributed by atoms with Crippen LogP contribution in [0, 0.1) is 5.92 Å². The Kier molecular flexibility index (Phi) is 4.42. The molecule has 1 N–H and O–H groups in total. The van der Waals surface area contributed by atoms with Gasteiger partial charge in [-0.3, -0.25) is 14.4 Å². The molecule has 4 rings (SSSR count). The number of nitrogens with one attached hydrogen (secondary N) is 1. The number of carbonyl (C=O) groups is 3. The molecule has 1 atom stereocenters. The van der Waals surface area contributed by atoms with Crippen molar-refractivity contribution in [1.82, 2.24) is 15.1 Å². The van der Waals surface area contributed by atoms with E-state index < -0.39 is 0 Å². The molecule has 0 radical (unpaired) electrons. The van der Waals surface area contributed by atoms with E-state index in [1.807, 2.05) is 17.0 Å². The summed E-state index contributed by atoms with van der Waals surface area (Å²) in [6.45, 7) is 1.59. The molecule has 0 aromatic heterocycles. The number of nitrogens with zero attached hydrogens (tertiary/aromatic N) is 2. The Balaban J connectivity index is 1.40. The average molecular weight is 355 g/mol. The first-order chi connectivity index (χ1) is 12.6. The lowest BCUT2D eigenvalue weighted by Crippen LogP contribution is -2.61. The molecule has 0 spiro atoms. The van der Waals surface area contributed by atoms with Gasteiger partial charge in [0.15, 0.2) is 0 Å². The van der Waals surface area contributed by atoms with Crippen molar-refractivity contribution in [1.29, 1.82) is 0 Å². The predicted octanol–water partition coefficient (Wildman–Crippen LogP) is 0.984. The molecule has 1 aromatic rings. The van der Waals surface area contributed by atoms with Gasteiger partial charge in [-0.1, -0.05) is 12.1 Å². The third kappa shape index (κ3) is 2.87. The van der Waals surface area contributed by atoms with Crippen LogP contribution in [0.3, 0.4) is 0 Å². The number of rotatable bonds is 3. The number of carbonyl (C=O) groups excluding carboxylic acids is 3. The minimum absolute atomic E-state index is 0.0211. The average Bonchev–Trinajstić information content (AvgIpc) is 3.00. The normalized spacial score (nSPS) is 22.8. The summed E-state index contributed by atoms with van der Waals surface area (Å²) in [5.74, 6) is -0.246. The molecular formula is C20H25N3O3. The van der Waals surface area contributed by atoms with Crippen molar-refractivity contribution in [2.24, 2.45) is 5.92 Å². The van der Waals surface area contributed by atoms with Gasteiger partial charge < -0.3 is 15.1 Å². The van der Waals surface area contributed by atoms with Gasteiger partial charge in [-0.15, -0.1) is 0 Å². The van der Waals surface area contributed by atoms with Gasteiger partial charge in [-0.2, -0.15) is 0 Å². The molecule has 3 aliphatic rings. The summed E-state index contributed by atoms with van der Waals surface area (Å²) in [5, 5.41) is 2.62.